The van der Waals surface area contributed by atoms with E-state index >= 15 is 0 Å². The molecule has 122 valence electrons. The second-order valence-corrected chi connectivity index (χ2v) is 7.31. The van der Waals surface area contributed by atoms with Gasteiger partial charge in [-0.1, -0.05) is 42.5 Å². The SMILES string of the molecule is O=C(NO)C(Cc1ccccc1)NS(=O)(=O)c1ccccc1Br. The molecule has 0 radical (unpaired) electrons. The van der Waals surface area contributed by atoms with Gasteiger partial charge in [0, 0.05) is 4.47 Å². The van der Waals surface area contributed by atoms with E-state index in [4.69, 9.17) is 5.21 Å². The van der Waals surface area contributed by atoms with E-state index in [1.807, 2.05) is 6.07 Å². The van der Waals surface area contributed by atoms with Crippen LogP contribution in [0.15, 0.2) is 64.0 Å². The van der Waals surface area contributed by atoms with Crippen molar-refractivity contribution >= 4 is 31.9 Å². The second-order valence-electron chi connectivity index (χ2n) is 4.77. The Morgan fingerprint density at radius 1 is 1.09 bits per heavy atom. The average Bonchev–Trinajstić information content (AvgIpc) is 2.54. The lowest BCUT2D eigenvalue weighted by atomic mass is 10.1. The van der Waals surface area contributed by atoms with Gasteiger partial charge in [-0.05, 0) is 40.0 Å². The molecule has 0 spiro atoms. The van der Waals surface area contributed by atoms with Crippen LogP contribution in [0.3, 0.4) is 0 Å². The number of hydroxylamine groups is 1. The minimum absolute atomic E-state index is 0.0174. The maximum Gasteiger partial charge on any atom is 0.261 e. The molecule has 0 aliphatic carbocycles. The number of benzene rings is 2. The molecule has 0 saturated carbocycles. The summed E-state index contributed by atoms with van der Waals surface area (Å²) in [6, 6.07) is 14.1. The van der Waals surface area contributed by atoms with Crippen molar-refractivity contribution in [2.75, 3.05) is 0 Å². The standard InChI is InChI=1S/C15H15BrN2O4S/c16-12-8-4-5-9-14(12)23(21,22)18-13(15(19)17-20)10-11-6-2-1-3-7-11/h1-9,13,18,20H,10H2,(H,17,19). The van der Waals surface area contributed by atoms with Crippen molar-refractivity contribution in [2.24, 2.45) is 0 Å². The molecule has 3 N–H and O–H groups in total. The van der Waals surface area contributed by atoms with Gasteiger partial charge in [-0.2, -0.15) is 4.72 Å². The summed E-state index contributed by atoms with van der Waals surface area (Å²) in [5, 5.41) is 8.86. The van der Waals surface area contributed by atoms with Crippen LogP contribution in [0, 0.1) is 0 Å². The number of sulfonamides is 1. The van der Waals surface area contributed by atoms with Crippen LogP contribution >= 0.6 is 15.9 Å². The van der Waals surface area contributed by atoms with Gasteiger partial charge in [0.05, 0.1) is 4.90 Å². The maximum atomic E-state index is 12.5. The number of halogens is 1. The minimum Gasteiger partial charge on any atom is -0.289 e. The molecule has 1 amide bonds. The molecule has 1 atom stereocenters. The van der Waals surface area contributed by atoms with Crippen LogP contribution in [0.4, 0.5) is 0 Å². The predicted molar refractivity (Wildman–Crippen MR) is 88.3 cm³/mol. The molecule has 2 aromatic carbocycles. The van der Waals surface area contributed by atoms with Gasteiger partial charge in [0.1, 0.15) is 6.04 Å². The van der Waals surface area contributed by atoms with Crippen LogP contribution in [0.25, 0.3) is 0 Å². The molecule has 2 rings (SSSR count). The summed E-state index contributed by atoms with van der Waals surface area (Å²) in [5.41, 5.74) is 2.26. The molecule has 0 saturated heterocycles. The molecule has 23 heavy (non-hydrogen) atoms. The highest BCUT2D eigenvalue weighted by atomic mass is 79.9. The van der Waals surface area contributed by atoms with Crippen molar-refractivity contribution in [1.82, 2.24) is 10.2 Å². The fourth-order valence-corrected chi connectivity index (χ4v) is 4.23. The monoisotopic (exact) mass is 398 g/mol. The van der Waals surface area contributed by atoms with Gasteiger partial charge < -0.3 is 0 Å². The van der Waals surface area contributed by atoms with E-state index in [9.17, 15) is 13.2 Å². The zero-order valence-corrected chi connectivity index (χ0v) is 14.3. The molecule has 2 aromatic rings. The zero-order chi connectivity index (χ0) is 16.9. The molecule has 0 aromatic heterocycles. The van der Waals surface area contributed by atoms with Crippen LogP contribution in [0.5, 0.6) is 0 Å². The number of amides is 1. The second kappa shape index (κ2) is 7.69. The van der Waals surface area contributed by atoms with E-state index in [1.165, 1.54) is 11.5 Å². The van der Waals surface area contributed by atoms with Crippen molar-refractivity contribution in [1.29, 1.82) is 0 Å². The Labute approximate surface area is 142 Å². The number of carbonyl (C=O) groups is 1. The van der Waals surface area contributed by atoms with Crippen molar-refractivity contribution in [3.63, 3.8) is 0 Å². The first-order valence-corrected chi connectivity index (χ1v) is 8.96. The Morgan fingerprint density at radius 3 is 2.30 bits per heavy atom. The van der Waals surface area contributed by atoms with E-state index < -0.39 is 22.0 Å². The van der Waals surface area contributed by atoms with Crippen molar-refractivity contribution in [3.05, 3.63) is 64.6 Å². The van der Waals surface area contributed by atoms with Gasteiger partial charge in [0.25, 0.3) is 5.91 Å². The Kier molecular flexibility index (Phi) is 5.89. The summed E-state index contributed by atoms with van der Waals surface area (Å²) in [4.78, 5) is 11.8. The fourth-order valence-electron chi connectivity index (χ4n) is 2.03. The summed E-state index contributed by atoms with van der Waals surface area (Å²) in [6.07, 6.45) is 0.108. The van der Waals surface area contributed by atoms with E-state index in [0.717, 1.165) is 5.56 Å². The van der Waals surface area contributed by atoms with Crippen molar-refractivity contribution in [3.8, 4) is 0 Å². The Morgan fingerprint density at radius 2 is 1.70 bits per heavy atom. The molecular weight excluding hydrogens is 384 g/mol. The first-order chi connectivity index (χ1) is 10.9. The molecule has 1 unspecified atom stereocenters. The number of nitrogens with one attached hydrogen (secondary N) is 2. The summed E-state index contributed by atoms with van der Waals surface area (Å²) in [5.74, 6) is -0.829. The van der Waals surface area contributed by atoms with E-state index in [1.54, 1.807) is 42.5 Å². The fraction of sp³-hybridized carbons (Fsp3) is 0.133. The predicted octanol–water partition coefficient (Wildman–Crippen LogP) is 1.84. The molecular formula is C15H15BrN2O4S. The first-order valence-electron chi connectivity index (χ1n) is 6.69. The highest BCUT2D eigenvalue weighted by Crippen LogP contribution is 2.21. The summed E-state index contributed by atoms with van der Waals surface area (Å²) < 4.78 is 27.6. The van der Waals surface area contributed by atoms with E-state index in [-0.39, 0.29) is 11.3 Å². The van der Waals surface area contributed by atoms with Crippen LogP contribution in [-0.2, 0) is 21.2 Å². The van der Waals surface area contributed by atoms with Crippen LogP contribution in [-0.4, -0.2) is 25.6 Å². The van der Waals surface area contributed by atoms with Gasteiger partial charge in [0.2, 0.25) is 10.0 Å². The smallest absolute Gasteiger partial charge is 0.261 e. The lowest BCUT2D eigenvalue weighted by Crippen LogP contribution is -2.47. The van der Waals surface area contributed by atoms with Crippen molar-refractivity contribution < 1.29 is 18.4 Å². The topological polar surface area (TPSA) is 95.5 Å². The Hall–Kier alpha value is -1.74. The molecule has 0 aliphatic heterocycles. The third-order valence-electron chi connectivity index (χ3n) is 3.13. The van der Waals surface area contributed by atoms with Crippen LogP contribution in [0.2, 0.25) is 0 Å². The third-order valence-corrected chi connectivity index (χ3v) is 5.62. The average molecular weight is 399 g/mol. The van der Waals surface area contributed by atoms with Gasteiger partial charge in [-0.25, -0.2) is 13.9 Å². The van der Waals surface area contributed by atoms with Gasteiger partial charge in [0.15, 0.2) is 0 Å². The first kappa shape index (κ1) is 17.6. The number of hydrogen-bond acceptors (Lipinski definition) is 4. The van der Waals surface area contributed by atoms with Gasteiger partial charge in [-0.15, -0.1) is 0 Å². The molecule has 8 heteroatoms. The molecule has 6 nitrogen and oxygen atoms in total. The quantitative estimate of drug-likeness (QED) is 0.510. The van der Waals surface area contributed by atoms with Crippen molar-refractivity contribution in [2.45, 2.75) is 17.4 Å². The minimum atomic E-state index is -3.93. The summed E-state index contributed by atoms with van der Waals surface area (Å²) in [6.45, 7) is 0. The van der Waals surface area contributed by atoms with Gasteiger partial charge >= 0.3 is 0 Å². The van der Waals surface area contributed by atoms with Crippen LogP contribution in [0.1, 0.15) is 5.56 Å². The number of carbonyl (C=O) groups excluding carboxylic acids is 1. The largest absolute Gasteiger partial charge is 0.289 e. The molecule has 0 heterocycles. The Balaban J connectivity index is 2.27. The lowest BCUT2D eigenvalue weighted by molar-refractivity contribution is -0.130. The number of rotatable bonds is 6. The third kappa shape index (κ3) is 4.61. The highest BCUT2D eigenvalue weighted by molar-refractivity contribution is 9.10. The van der Waals surface area contributed by atoms with Gasteiger partial charge in [-0.3, -0.25) is 10.0 Å². The molecule has 0 bridgehead atoms. The Bertz CT molecular complexity index is 781. The normalized spacial score (nSPS) is 12.6. The lowest BCUT2D eigenvalue weighted by Gasteiger charge is -2.17. The van der Waals surface area contributed by atoms with E-state index in [2.05, 4.69) is 20.7 Å². The highest BCUT2D eigenvalue weighted by Gasteiger charge is 2.27. The summed E-state index contributed by atoms with van der Waals surface area (Å²) >= 11 is 3.17. The maximum absolute atomic E-state index is 12.5. The van der Waals surface area contributed by atoms with Crippen LogP contribution < -0.4 is 10.2 Å². The molecule has 0 fully saturated rings. The summed E-state index contributed by atoms with van der Waals surface area (Å²) in [7, 11) is -3.93. The number of hydrogen-bond donors (Lipinski definition) is 3. The van der Waals surface area contributed by atoms with E-state index in [0.29, 0.717) is 4.47 Å². The zero-order valence-electron chi connectivity index (χ0n) is 11.9. The molecule has 0 aliphatic rings.